The van der Waals surface area contributed by atoms with Crippen molar-refractivity contribution in [2.75, 3.05) is 5.32 Å². The summed E-state index contributed by atoms with van der Waals surface area (Å²) in [5, 5.41) is 46.5. The summed E-state index contributed by atoms with van der Waals surface area (Å²) < 4.78 is 0. The van der Waals surface area contributed by atoms with E-state index in [1.807, 2.05) is 5.32 Å². The summed E-state index contributed by atoms with van der Waals surface area (Å²) in [6.45, 7) is 0. The first-order valence-corrected chi connectivity index (χ1v) is 11.0. The van der Waals surface area contributed by atoms with E-state index < -0.39 is 60.7 Å². The molecule has 7 N–H and O–H groups in total. The maximum Gasteiger partial charge on any atom is 0.335 e. The highest BCUT2D eigenvalue weighted by atomic mass is 16.4. The molecule has 0 spiro atoms. The molecule has 0 heterocycles. The molecule has 16 nitrogen and oxygen atoms in total. The number of anilines is 1. The highest BCUT2D eigenvalue weighted by Gasteiger charge is 2.25. The van der Waals surface area contributed by atoms with Gasteiger partial charge in [-0.05, 0) is 47.8 Å². The van der Waals surface area contributed by atoms with Gasteiger partial charge in [0, 0.05) is 34.7 Å². The second-order valence-electron chi connectivity index (χ2n) is 7.95. The minimum Gasteiger partial charge on any atom is -0.481 e. The first kappa shape index (κ1) is 29.6. The number of azide groups is 1. The van der Waals surface area contributed by atoms with E-state index in [-0.39, 0.29) is 28.9 Å². The predicted octanol–water partition coefficient (Wildman–Crippen LogP) is 2.19. The summed E-state index contributed by atoms with van der Waals surface area (Å²) >= 11 is 0. The molecule has 3 amide bonds. The fourth-order valence-electron chi connectivity index (χ4n) is 3.22. The molecule has 0 saturated carbocycles. The van der Waals surface area contributed by atoms with Crippen molar-refractivity contribution in [3.8, 4) is 0 Å². The molecule has 39 heavy (non-hydrogen) atoms. The standard InChI is InChI=1S/C23H22N6O10/c24-29-28-15-9-12(8-13(10-15)20(33)34)19(32)25-14-3-1-11(2-4-14)7-17(22(37)38)27-23(39)26-16(21(35)36)5-6-18(30)31/h1-4,8-10,16-17H,5-7H2,(H,25,32)(H,30,31)(H,33,34)(H,35,36)(H,37,38)(H2,26,27,39)/t16?,17-/m0/s1. The van der Waals surface area contributed by atoms with Crippen molar-refractivity contribution in [3.63, 3.8) is 0 Å². The van der Waals surface area contributed by atoms with Gasteiger partial charge < -0.3 is 36.4 Å². The van der Waals surface area contributed by atoms with Crippen LogP contribution in [0.5, 0.6) is 0 Å². The van der Waals surface area contributed by atoms with Crippen molar-refractivity contribution < 1.29 is 49.2 Å². The molecular formula is C23H22N6O10. The van der Waals surface area contributed by atoms with Crippen LogP contribution in [0.1, 0.15) is 39.1 Å². The van der Waals surface area contributed by atoms with E-state index in [4.69, 9.17) is 15.7 Å². The molecule has 16 heteroatoms. The molecule has 0 bridgehead atoms. The van der Waals surface area contributed by atoms with Crippen LogP contribution in [-0.4, -0.2) is 68.3 Å². The molecule has 0 radical (unpaired) electrons. The molecule has 1 unspecified atom stereocenters. The molecule has 0 fully saturated rings. The van der Waals surface area contributed by atoms with Crippen LogP contribution >= 0.6 is 0 Å². The zero-order valence-electron chi connectivity index (χ0n) is 19.9. The number of urea groups is 1. The number of benzene rings is 2. The number of carboxylic acid groups (broad SMARTS) is 4. The van der Waals surface area contributed by atoms with Gasteiger partial charge in [0.25, 0.3) is 5.91 Å². The number of nitrogens with one attached hydrogen (secondary N) is 3. The number of rotatable bonds is 13. The van der Waals surface area contributed by atoms with Gasteiger partial charge in [0.15, 0.2) is 0 Å². The first-order chi connectivity index (χ1) is 18.4. The van der Waals surface area contributed by atoms with E-state index in [0.29, 0.717) is 5.56 Å². The van der Waals surface area contributed by atoms with Crippen LogP contribution in [0.25, 0.3) is 10.4 Å². The minimum atomic E-state index is -1.54. The Morgan fingerprint density at radius 2 is 1.44 bits per heavy atom. The van der Waals surface area contributed by atoms with Crippen molar-refractivity contribution in [2.45, 2.75) is 31.3 Å². The lowest BCUT2D eigenvalue weighted by atomic mass is 10.1. The van der Waals surface area contributed by atoms with Gasteiger partial charge in [-0.2, -0.15) is 0 Å². The fourth-order valence-corrected chi connectivity index (χ4v) is 3.22. The molecule has 2 atom stereocenters. The second kappa shape index (κ2) is 13.6. The quantitative estimate of drug-likeness (QED) is 0.110. The van der Waals surface area contributed by atoms with Crippen molar-refractivity contribution in [1.29, 1.82) is 0 Å². The lowest BCUT2D eigenvalue weighted by Crippen LogP contribution is -2.51. The summed E-state index contributed by atoms with van der Waals surface area (Å²) in [5.74, 6) is -6.22. The topological polar surface area (TPSA) is 268 Å². The summed E-state index contributed by atoms with van der Waals surface area (Å²) in [5.41, 5.74) is 8.82. The Hall–Kier alpha value is -5.63. The van der Waals surface area contributed by atoms with Gasteiger partial charge in [-0.15, -0.1) is 0 Å². The summed E-state index contributed by atoms with van der Waals surface area (Å²) in [4.78, 5) is 72.1. The SMILES string of the molecule is [N-]=[N+]=Nc1cc(C(=O)O)cc(C(=O)Nc2ccc(C[C@H](NC(=O)NC(CCC(=O)O)C(=O)O)C(=O)O)cc2)c1. The van der Waals surface area contributed by atoms with E-state index in [9.17, 15) is 39.0 Å². The van der Waals surface area contributed by atoms with Crippen molar-refractivity contribution in [2.24, 2.45) is 5.11 Å². The van der Waals surface area contributed by atoms with Gasteiger partial charge in [-0.25, -0.2) is 19.2 Å². The molecule has 0 aliphatic heterocycles. The van der Waals surface area contributed by atoms with E-state index in [2.05, 4.69) is 20.7 Å². The third-order valence-corrected chi connectivity index (χ3v) is 5.09. The Labute approximate surface area is 218 Å². The number of carbonyl (C=O) groups is 6. The van der Waals surface area contributed by atoms with Gasteiger partial charge in [0.05, 0.1) is 5.56 Å². The highest BCUT2D eigenvalue weighted by Crippen LogP contribution is 2.20. The van der Waals surface area contributed by atoms with Gasteiger partial charge in [0.1, 0.15) is 12.1 Å². The van der Waals surface area contributed by atoms with Gasteiger partial charge in [0.2, 0.25) is 0 Å². The number of hydrogen-bond acceptors (Lipinski definition) is 7. The van der Waals surface area contributed by atoms with Crippen LogP contribution in [0.4, 0.5) is 16.2 Å². The van der Waals surface area contributed by atoms with Crippen LogP contribution in [-0.2, 0) is 20.8 Å². The number of nitrogens with zero attached hydrogens (tertiary/aromatic N) is 3. The molecule has 2 aromatic carbocycles. The monoisotopic (exact) mass is 542 g/mol. The number of carbonyl (C=O) groups excluding carboxylic acids is 2. The van der Waals surface area contributed by atoms with Crippen LogP contribution < -0.4 is 16.0 Å². The zero-order valence-corrected chi connectivity index (χ0v) is 19.9. The third-order valence-electron chi connectivity index (χ3n) is 5.09. The van der Waals surface area contributed by atoms with Crippen molar-refractivity contribution in [1.82, 2.24) is 10.6 Å². The third kappa shape index (κ3) is 9.40. The molecule has 2 aromatic rings. The maximum absolute atomic E-state index is 12.6. The lowest BCUT2D eigenvalue weighted by molar-refractivity contribution is -0.140. The number of hydrogen-bond donors (Lipinski definition) is 7. The number of aliphatic carboxylic acids is 3. The molecule has 0 aliphatic carbocycles. The Morgan fingerprint density at radius 3 is 1.97 bits per heavy atom. The lowest BCUT2D eigenvalue weighted by Gasteiger charge is -2.18. The van der Waals surface area contributed by atoms with E-state index in [0.717, 1.165) is 12.1 Å². The van der Waals surface area contributed by atoms with Gasteiger partial charge in [-0.3, -0.25) is 9.59 Å². The number of carboxylic acids is 4. The van der Waals surface area contributed by atoms with Crippen molar-refractivity contribution in [3.05, 3.63) is 69.6 Å². The highest BCUT2D eigenvalue weighted by molar-refractivity contribution is 6.06. The van der Waals surface area contributed by atoms with Crippen LogP contribution in [0, 0.1) is 0 Å². The second-order valence-corrected chi connectivity index (χ2v) is 7.95. The molecular weight excluding hydrogens is 520 g/mol. The molecule has 0 aliphatic rings. The first-order valence-electron chi connectivity index (χ1n) is 11.0. The maximum atomic E-state index is 12.6. The normalized spacial score (nSPS) is 11.7. The molecule has 204 valence electrons. The minimum absolute atomic E-state index is 0.0780. The Balaban J connectivity index is 2.07. The average molecular weight is 542 g/mol. The van der Waals surface area contributed by atoms with Gasteiger partial charge >= 0.3 is 29.9 Å². The van der Waals surface area contributed by atoms with Crippen LogP contribution in [0.2, 0.25) is 0 Å². The number of amides is 3. The predicted molar refractivity (Wildman–Crippen MR) is 132 cm³/mol. The molecule has 0 saturated heterocycles. The smallest absolute Gasteiger partial charge is 0.335 e. The Morgan fingerprint density at radius 1 is 0.846 bits per heavy atom. The Kier molecular flexibility index (Phi) is 10.3. The van der Waals surface area contributed by atoms with Gasteiger partial charge in [-0.1, -0.05) is 17.2 Å². The average Bonchev–Trinajstić information content (AvgIpc) is 2.86. The molecule has 0 aromatic heterocycles. The zero-order chi connectivity index (χ0) is 29.1. The van der Waals surface area contributed by atoms with E-state index in [1.165, 1.54) is 30.3 Å². The number of aromatic carboxylic acids is 1. The van der Waals surface area contributed by atoms with E-state index in [1.54, 1.807) is 0 Å². The summed E-state index contributed by atoms with van der Waals surface area (Å²) in [6.07, 6.45) is -1.15. The van der Waals surface area contributed by atoms with Crippen LogP contribution in [0.3, 0.4) is 0 Å². The van der Waals surface area contributed by atoms with Crippen molar-refractivity contribution >= 4 is 47.2 Å². The van der Waals surface area contributed by atoms with E-state index >= 15 is 0 Å². The largest absolute Gasteiger partial charge is 0.481 e. The summed E-state index contributed by atoms with van der Waals surface area (Å²) in [6, 6.07) is 5.00. The van der Waals surface area contributed by atoms with Crippen LogP contribution in [0.15, 0.2) is 47.6 Å². The fraction of sp³-hybridized carbons (Fsp3) is 0.217. The molecule has 2 rings (SSSR count). The Bertz CT molecular complexity index is 1320. The summed E-state index contributed by atoms with van der Waals surface area (Å²) in [7, 11) is 0.